The lowest BCUT2D eigenvalue weighted by Crippen LogP contribution is -2.46. The van der Waals surface area contributed by atoms with E-state index in [1.54, 1.807) is 24.1 Å². The third-order valence-corrected chi connectivity index (χ3v) is 5.30. The number of hydrogen-bond donors (Lipinski definition) is 1. The molecule has 1 aliphatic carbocycles. The van der Waals surface area contributed by atoms with Crippen LogP contribution in [0.2, 0.25) is 0 Å². The number of fused-ring (bicyclic) bond motifs is 1. The molecule has 21 heavy (non-hydrogen) atoms. The Morgan fingerprint density at radius 1 is 1.33 bits per heavy atom. The quantitative estimate of drug-likeness (QED) is 0.923. The molecule has 2 atom stereocenters. The topological polar surface area (TPSA) is 40.5 Å². The summed E-state index contributed by atoms with van der Waals surface area (Å²) in [7, 11) is 1.74. The van der Waals surface area contributed by atoms with E-state index in [9.17, 15) is 14.3 Å². The molecule has 3 nitrogen and oxygen atoms in total. The summed E-state index contributed by atoms with van der Waals surface area (Å²) in [6.45, 7) is 0. The maximum absolute atomic E-state index is 13.2. The molecule has 1 aromatic carbocycles. The van der Waals surface area contributed by atoms with E-state index in [2.05, 4.69) is 0 Å². The average molecular weight is 307 g/mol. The Morgan fingerprint density at radius 2 is 2.10 bits per heavy atom. The number of nitrogens with zero attached hydrogens (tertiary/aromatic N) is 1. The Hall–Kier alpha value is -1.46. The molecule has 2 unspecified atom stereocenters. The first kappa shape index (κ1) is 14.5. The lowest BCUT2D eigenvalue weighted by atomic mass is 9.91. The van der Waals surface area contributed by atoms with Crippen molar-refractivity contribution < 1.29 is 14.3 Å². The zero-order valence-electron chi connectivity index (χ0n) is 11.9. The van der Waals surface area contributed by atoms with Gasteiger partial charge < -0.3 is 10.0 Å². The number of benzene rings is 1. The van der Waals surface area contributed by atoms with Crippen molar-refractivity contribution in [3.63, 3.8) is 0 Å². The minimum absolute atomic E-state index is 0.0949. The summed E-state index contributed by atoms with van der Waals surface area (Å²) in [4.78, 5) is 14.8. The predicted molar refractivity (Wildman–Crippen MR) is 82.1 cm³/mol. The largest absolute Gasteiger partial charge is 0.391 e. The fourth-order valence-corrected chi connectivity index (χ4v) is 4.01. The van der Waals surface area contributed by atoms with Crippen LogP contribution in [0.4, 0.5) is 4.39 Å². The van der Waals surface area contributed by atoms with Crippen LogP contribution in [0.1, 0.15) is 35.4 Å². The monoisotopic (exact) mass is 307 g/mol. The molecule has 1 aliphatic rings. The van der Waals surface area contributed by atoms with E-state index in [1.807, 2.05) is 0 Å². The van der Waals surface area contributed by atoms with Gasteiger partial charge in [0, 0.05) is 11.7 Å². The molecule has 5 heteroatoms. The third kappa shape index (κ3) is 2.80. The smallest absolute Gasteiger partial charge is 0.264 e. The van der Waals surface area contributed by atoms with Crippen LogP contribution in [0.3, 0.4) is 0 Å². The molecule has 3 rings (SSSR count). The van der Waals surface area contributed by atoms with Crippen LogP contribution in [-0.4, -0.2) is 35.1 Å². The van der Waals surface area contributed by atoms with E-state index in [0.717, 1.165) is 35.8 Å². The van der Waals surface area contributed by atoms with Crippen molar-refractivity contribution in [3.8, 4) is 0 Å². The molecule has 1 amide bonds. The Bertz CT molecular complexity index is 669. The van der Waals surface area contributed by atoms with Crippen LogP contribution >= 0.6 is 11.3 Å². The van der Waals surface area contributed by atoms with E-state index in [4.69, 9.17) is 0 Å². The van der Waals surface area contributed by atoms with E-state index in [0.29, 0.717) is 4.88 Å². The fraction of sp³-hybridized carbons (Fsp3) is 0.438. The number of aliphatic hydroxyl groups is 1. The third-order valence-electron chi connectivity index (χ3n) is 4.20. The van der Waals surface area contributed by atoms with Crippen molar-refractivity contribution in [2.75, 3.05) is 7.05 Å². The van der Waals surface area contributed by atoms with Gasteiger partial charge in [0.25, 0.3) is 5.91 Å². The van der Waals surface area contributed by atoms with Gasteiger partial charge in [-0.25, -0.2) is 4.39 Å². The van der Waals surface area contributed by atoms with Crippen molar-refractivity contribution in [3.05, 3.63) is 35.0 Å². The molecule has 1 heterocycles. The summed E-state index contributed by atoms with van der Waals surface area (Å²) >= 11 is 1.37. The minimum atomic E-state index is -0.445. The second-order valence-electron chi connectivity index (χ2n) is 5.63. The number of carbonyl (C=O) groups is 1. The van der Waals surface area contributed by atoms with Crippen molar-refractivity contribution in [2.45, 2.75) is 37.8 Å². The zero-order chi connectivity index (χ0) is 15.0. The highest BCUT2D eigenvalue weighted by atomic mass is 32.1. The Kier molecular flexibility index (Phi) is 3.95. The van der Waals surface area contributed by atoms with E-state index in [-0.39, 0.29) is 17.8 Å². The Labute approximate surface area is 127 Å². The molecular weight excluding hydrogens is 289 g/mol. The number of halogens is 1. The number of amides is 1. The van der Waals surface area contributed by atoms with E-state index < -0.39 is 6.10 Å². The van der Waals surface area contributed by atoms with Gasteiger partial charge in [-0.3, -0.25) is 4.79 Å². The molecule has 0 aliphatic heterocycles. The van der Waals surface area contributed by atoms with E-state index >= 15 is 0 Å². The SMILES string of the molecule is CN(C(=O)c1cc2cc(F)ccc2s1)C1CCCCC1O. The summed E-state index contributed by atoms with van der Waals surface area (Å²) in [5, 5.41) is 10.8. The number of likely N-dealkylation sites (N-methyl/N-ethyl adjacent to an activating group) is 1. The molecule has 0 spiro atoms. The lowest BCUT2D eigenvalue weighted by molar-refractivity contribution is 0.0271. The molecule has 1 aromatic heterocycles. The van der Waals surface area contributed by atoms with Crippen LogP contribution in [0.25, 0.3) is 10.1 Å². The normalized spacial score (nSPS) is 22.4. The van der Waals surface area contributed by atoms with Gasteiger partial charge in [-0.2, -0.15) is 0 Å². The summed E-state index contributed by atoms with van der Waals surface area (Å²) < 4.78 is 14.1. The standard InChI is InChI=1S/C16H18FNO2S/c1-18(12-4-2-3-5-13(12)19)16(20)15-9-10-8-11(17)6-7-14(10)21-15/h6-9,12-13,19H,2-5H2,1H3. The van der Waals surface area contributed by atoms with Crippen LogP contribution in [0, 0.1) is 5.82 Å². The summed E-state index contributed by atoms with van der Waals surface area (Å²) in [6.07, 6.45) is 3.20. The molecular formula is C16H18FNO2S. The van der Waals surface area contributed by atoms with Crippen LogP contribution in [-0.2, 0) is 0 Å². The average Bonchev–Trinajstić information content (AvgIpc) is 2.89. The molecule has 2 aromatic rings. The number of rotatable bonds is 2. The number of hydrogen-bond acceptors (Lipinski definition) is 3. The molecule has 1 N–H and O–H groups in total. The summed E-state index contributed by atoms with van der Waals surface area (Å²) in [5.74, 6) is -0.391. The van der Waals surface area contributed by atoms with Gasteiger partial charge in [0.1, 0.15) is 5.82 Å². The Morgan fingerprint density at radius 3 is 2.86 bits per heavy atom. The van der Waals surface area contributed by atoms with Gasteiger partial charge in [0.05, 0.1) is 17.0 Å². The van der Waals surface area contributed by atoms with Gasteiger partial charge in [-0.1, -0.05) is 12.8 Å². The minimum Gasteiger partial charge on any atom is -0.391 e. The number of aliphatic hydroxyl groups excluding tert-OH is 1. The van der Waals surface area contributed by atoms with Crippen molar-refractivity contribution in [2.24, 2.45) is 0 Å². The highest BCUT2D eigenvalue weighted by molar-refractivity contribution is 7.20. The van der Waals surface area contributed by atoms with Crippen molar-refractivity contribution >= 4 is 27.3 Å². The molecule has 1 fully saturated rings. The second-order valence-corrected chi connectivity index (χ2v) is 6.71. The highest BCUT2D eigenvalue weighted by Gasteiger charge is 2.30. The summed E-state index contributed by atoms with van der Waals surface area (Å²) in [6, 6.07) is 6.16. The summed E-state index contributed by atoms with van der Waals surface area (Å²) in [5.41, 5.74) is 0. The second kappa shape index (κ2) is 5.73. The number of thiophene rings is 1. The van der Waals surface area contributed by atoms with Gasteiger partial charge in [0.2, 0.25) is 0 Å². The lowest BCUT2D eigenvalue weighted by Gasteiger charge is -2.34. The molecule has 1 saturated carbocycles. The highest BCUT2D eigenvalue weighted by Crippen LogP contribution is 2.29. The number of carbonyl (C=O) groups excluding carboxylic acids is 1. The maximum Gasteiger partial charge on any atom is 0.264 e. The van der Waals surface area contributed by atoms with Crippen molar-refractivity contribution in [1.29, 1.82) is 0 Å². The Balaban J connectivity index is 1.85. The maximum atomic E-state index is 13.2. The molecule has 112 valence electrons. The van der Waals surface area contributed by atoms with Crippen LogP contribution in [0.5, 0.6) is 0 Å². The fourth-order valence-electron chi connectivity index (χ4n) is 2.99. The van der Waals surface area contributed by atoms with Crippen molar-refractivity contribution in [1.82, 2.24) is 4.90 Å². The van der Waals surface area contributed by atoms with Crippen LogP contribution < -0.4 is 0 Å². The molecule has 0 bridgehead atoms. The van der Waals surface area contributed by atoms with Gasteiger partial charge >= 0.3 is 0 Å². The van der Waals surface area contributed by atoms with Crippen LogP contribution in [0.15, 0.2) is 24.3 Å². The zero-order valence-corrected chi connectivity index (χ0v) is 12.7. The first-order valence-corrected chi connectivity index (χ1v) is 8.02. The first-order valence-electron chi connectivity index (χ1n) is 7.20. The van der Waals surface area contributed by atoms with E-state index in [1.165, 1.54) is 23.5 Å². The molecule has 0 radical (unpaired) electrons. The predicted octanol–water partition coefficient (Wildman–Crippen LogP) is 3.42. The van der Waals surface area contributed by atoms with Gasteiger partial charge in [-0.15, -0.1) is 11.3 Å². The van der Waals surface area contributed by atoms with Gasteiger partial charge in [-0.05, 0) is 42.5 Å². The molecule has 0 saturated heterocycles. The first-order chi connectivity index (χ1) is 10.1. The van der Waals surface area contributed by atoms with Gasteiger partial charge in [0.15, 0.2) is 0 Å².